The molecule has 0 heterocycles. The van der Waals surface area contributed by atoms with Gasteiger partial charge in [-0.3, -0.25) is 9.59 Å². The van der Waals surface area contributed by atoms with Crippen LogP contribution in [0.1, 0.15) is 31.7 Å². The van der Waals surface area contributed by atoms with Gasteiger partial charge in [-0.1, -0.05) is 25.5 Å². The summed E-state index contributed by atoms with van der Waals surface area (Å²) in [5, 5.41) is 5.41. The zero-order valence-electron chi connectivity index (χ0n) is 11.0. The van der Waals surface area contributed by atoms with E-state index in [1.807, 2.05) is 24.3 Å². The first-order chi connectivity index (χ1) is 8.65. The van der Waals surface area contributed by atoms with E-state index in [0.717, 1.165) is 24.1 Å². The van der Waals surface area contributed by atoms with E-state index in [0.29, 0.717) is 12.8 Å². The Morgan fingerprint density at radius 3 is 2.33 bits per heavy atom. The lowest BCUT2D eigenvalue weighted by atomic mass is 10.1. The summed E-state index contributed by atoms with van der Waals surface area (Å²) in [6.07, 6.45) is 2.83. The number of unbranched alkanes of at least 4 members (excludes halogenated alkanes) is 1. The second kappa shape index (κ2) is 7.48. The van der Waals surface area contributed by atoms with Crippen LogP contribution in [0.2, 0.25) is 0 Å². The van der Waals surface area contributed by atoms with E-state index in [9.17, 15) is 9.59 Å². The molecule has 2 amide bonds. The molecule has 0 radical (unpaired) electrons. The third kappa shape index (κ3) is 4.99. The molecule has 0 aliphatic heterocycles. The van der Waals surface area contributed by atoms with Crippen molar-refractivity contribution in [3.8, 4) is 0 Å². The average molecular weight is 248 g/mol. The van der Waals surface area contributed by atoms with Crippen molar-refractivity contribution in [2.24, 2.45) is 0 Å². The Morgan fingerprint density at radius 2 is 1.78 bits per heavy atom. The third-order valence-electron chi connectivity index (χ3n) is 2.64. The van der Waals surface area contributed by atoms with Crippen molar-refractivity contribution in [1.29, 1.82) is 0 Å². The first-order valence-corrected chi connectivity index (χ1v) is 6.25. The number of anilines is 1. The fourth-order valence-corrected chi connectivity index (χ4v) is 1.54. The summed E-state index contributed by atoms with van der Waals surface area (Å²) in [4.78, 5) is 22.7. The minimum absolute atomic E-state index is 0.0188. The lowest BCUT2D eigenvalue weighted by Crippen LogP contribution is -2.19. The maximum absolute atomic E-state index is 11.5. The minimum Gasteiger partial charge on any atom is -0.359 e. The topological polar surface area (TPSA) is 58.2 Å². The van der Waals surface area contributed by atoms with Crippen molar-refractivity contribution < 1.29 is 9.59 Å². The lowest BCUT2D eigenvalue weighted by molar-refractivity contribution is -0.120. The molecule has 98 valence electrons. The number of amides is 2. The molecule has 4 heteroatoms. The molecular formula is C14H20N2O2. The van der Waals surface area contributed by atoms with E-state index in [4.69, 9.17) is 0 Å². The number of carbonyl (C=O) groups excluding carboxylic acids is 2. The van der Waals surface area contributed by atoms with Crippen LogP contribution in [0.3, 0.4) is 0 Å². The van der Waals surface area contributed by atoms with Gasteiger partial charge >= 0.3 is 0 Å². The van der Waals surface area contributed by atoms with E-state index in [1.54, 1.807) is 7.05 Å². The molecule has 1 aromatic carbocycles. The van der Waals surface area contributed by atoms with Crippen LogP contribution in [-0.2, 0) is 16.0 Å². The van der Waals surface area contributed by atoms with Gasteiger partial charge in [0.15, 0.2) is 0 Å². The Balaban J connectivity index is 2.49. The molecule has 0 aliphatic carbocycles. The van der Waals surface area contributed by atoms with Gasteiger partial charge in [-0.2, -0.15) is 0 Å². The number of hydrogen-bond donors (Lipinski definition) is 2. The van der Waals surface area contributed by atoms with Gasteiger partial charge in [0.2, 0.25) is 11.8 Å². The van der Waals surface area contributed by atoms with E-state index >= 15 is 0 Å². The molecule has 0 aromatic heterocycles. The van der Waals surface area contributed by atoms with Gasteiger partial charge in [-0.15, -0.1) is 0 Å². The molecule has 0 saturated carbocycles. The van der Waals surface area contributed by atoms with Crippen LogP contribution >= 0.6 is 0 Å². The molecular weight excluding hydrogens is 228 g/mol. The van der Waals surface area contributed by atoms with Crippen molar-refractivity contribution in [1.82, 2.24) is 5.32 Å². The summed E-state index contributed by atoms with van der Waals surface area (Å²) in [5.74, 6) is 0.0191. The van der Waals surface area contributed by atoms with Crippen LogP contribution in [0, 0.1) is 0 Å². The maximum Gasteiger partial charge on any atom is 0.224 e. The molecule has 0 unspecified atom stereocenters. The summed E-state index contributed by atoms with van der Waals surface area (Å²) in [6.45, 7) is 2.06. The average Bonchev–Trinajstić information content (AvgIpc) is 2.38. The Labute approximate surface area is 108 Å². The molecule has 0 bridgehead atoms. The quantitative estimate of drug-likeness (QED) is 0.810. The molecule has 2 N–H and O–H groups in total. The number of rotatable bonds is 6. The number of benzene rings is 1. The van der Waals surface area contributed by atoms with E-state index < -0.39 is 0 Å². The van der Waals surface area contributed by atoms with Crippen molar-refractivity contribution >= 4 is 17.5 Å². The second-order valence-electron chi connectivity index (χ2n) is 4.20. The van der Waals surface area contributed by atoms with Crippen LogP contribution in [0.5, 0.6) is 0 Å². The molecule has 4 nitrogen and oxygen atoms in total. The Kier molecular flexibility index (Phi) is 5.91. The molecule has 0 spiro atoms. The number of likely N-dealkylation sites (N-methyl/N-ethyl adjacent to an activating group) is 1. The summed E-state index contributed by atoms with van der Waals surface area (Å²) >= 11 is 0. The zero-order chi connectivity index (χ0) is 13.4. The van der Waals surface area contributed by atoms with Crippen molar-refractivity contribution in [2.45, 2.75) is 32.6 Å². The van der Waals surface area contributed by atoms with Gasteiger partial charge in [0.05, 0.1) is 6.42 Å². The SMILES string of the molecule is CCCCC(=O)Nc1ccc(CC(=O)NC)cc1. The highest BCUT2D eigenvalue weighted by atomic mass is 16.2. The highest BCUT2D eigenvalue weighted by Gasteiger charge is 2.03. The summed E-state index contributed by atoms with van der Waals surface area (Å²) in [7, 11) is 1.62. The zero-order valence-corrected chi connectivity index (χ0v) is 11.0. The van der Waals surface area contributed by atoms with Gasteiger partial charge < -0.3 is 10.6 Å². The molecule has 18 heavy (non-hydrogen) atoms. The fourth-order valence-electron chi connectivity index (χ4n) is 1.54. The van der Waals surface area contributed by atoms with Crippen molar-refractivity contribution in [3.05, 3.63) is 29.8 Å². The first kappa shape index (κ1) is 14.2. The number of nitrogens with one attached hydrogen (secondary N) is 2. The highest BCUT2D eigenvalue weighted by molar-refractivity contribution is 5.90. The molecule has 1 rings (SSSR count). The first-order valence-electron chi connectivity index (χ1n) is 6.25. The second-order valence-corrected chi connectivity index (χ2v) is 4.20. The predicted octanol–water partition coefficient (Wildman–Crippen LogP) is 2.10. The maximum atomic E-state index is 11.5. The smallest absolute Gasteiger partial charge is 0.224 e. The molecule has 1 aromatic rings. The van der Waals surface area contributed by atoms with Crippen LogP contribution in [0.15, 0.2) is 24.3 Å². The summed E-state index contributed by atoms with van der Waals surface area (Å²) in [5.41, 5.74) is 1.71. The molecule has 0 fully saturated rings. The predicted molar refractivity (Wildman–Crippen MR) is 72.4 cm³/mol. The molecule has 0 atom stereocenters. The normalized spacial score (nSPS) is 9.89. The Morgan fingerprint density at radius 1 is 1.11 bits per heavy atom. The van der Waals surface area contributed by atoms with Crippen LogP contribution in [0.4, 0.5) is 5.69 Å². The van der Waals surface area contributed by atoms with Gasteiger partial charge in [-0.25, -0.2) is 0 Å². The number of hydrogen-bond acceptors (Lipinski definition) is 2. The fraction of sp³-hybridized carbons (Fsp3) is 0.429. The van der Waals surface area contributed by atoms with E-state index in [1.165, 1.54) is 0 Å². The molecule has 0 aliphatic rings. The highest BCUT2D eigenvalue weighted by Crippen LogP contribution is 2.11. The summed E-state index contributed by atoms with van der Waals surface area (Å²) < 4.78 is 0. The Hall–Kier alpha value is -1.84. The Bertz CT molecular complexity index is 399. The van der Waals surface area contributed by atoms with Crippen molar-refractivity contribution in [2.75, 3.05) is 12.4 Å². The minimum atomic E-state index is -0.0188. The standard InChI is InChI=1S/C14H20N2O2/c1-3-4-5-13(17)16-12-8-6-11(7-9-12)10-14(18)15-2/h6-9H,3-5,10H2,1-2H3,(H,15,18)(H,16,17). The van der Waals surface area contributed by atoms with Crippen molar-refractivity contribution in [3.63, 3.8) is 0 Å². The van der Waals surface area contributed by atoms with Gasteiger partial charge in [0.1, 0.15) is 0 Å². The van der Waals surface area contributed by atoms with Gasteiger partial charge in [-0.05, 0) is 24.1 Å². The largest absolute Gasteiger partial charge is 0.359 e. The van der Waals surface area contributed by atoms with E-state index in [-0.39, 0.29) is 11.8 Å². The molecule has 0 saturated heterocycles. The van der Waals surface area contributed by atoms with Crippen LogP contribution in [-0.4, -0.2) is 18.9 Å². The third-order valence-corrected chi connectivity index (χ3v) is 2.64. The number of carbonyl (C=O) groups is 2. The van der Waals surface area contributed by atoms with Gasteiger partial charge in [0.25, 0.3) is 0 Å². The van der Waals surface area contributed by atoms with E-state index in [2.05, 4.69) is 17.6 Å². The lowest BCUT2D eigenvalue weighted by Gasteiger charge is -2.06. The van der Waals surface area contributed by atoms with Crippen LogP contribution in [0.25, 0.3) is 0 Å². The van der Waals surface area contributed by atoms with Crippen LogP contribution < -0.4 is 10.6 Å². The summed E-state index contributed by atoms with van der Waals surface area (Å²) in [6, 6.07) is 7.35. The van der Waals surface area contributed by atoms with Gasteiger partial charge in [0, 0.05) is 19.2 Å². The monoisotopic (exact) mass is 248 g/mol.